The minimum absolute atomic E-state index is 0.0212. The van der Waals surface area contributed by atoms with Gasteiger partial charge >= 0.3 is 0 Å². The number of amidine groups is 1. The van der Waals surface area contributed by atoms with Gasteiger partial charge in [-0.1, -0.05) is 25.9 Å². The van der Waals surface area contributed by atoms with E-state index < -0.39 is 0 Å². The maximum atomic E-state index is 12.2. The van der Waals surface area contributed by atoms with Crippen LogP contribution in [0, 0.1) is 11.8 Å². The van der Waals surface area contributed by atoms with Crippen LogP contribution in [0.4, 0.5) is 0 Å². The van der Waals surface area contributed by atoms with Crippen molar-refractivity contribution in [3.8, 4) is 0 Å². The Bertz CT molecular complexity index is 289. The zero-order chi connectivity index (χ0) is 12.3. The molecule has 1 amide bonds. The van der Waals surface area contributed by atoms with Crippen molar-refractivity contribution >= 4 is 11.7 Å². The molecule has 1 heterocycles. The number of oxime groups is 1. The fraction of sp³-hybridized carbons (Fsp3) is 0.818. The molecule has 0 aromatic rings. The van der Waals surface area contributed by atoms with Gasteiger partial charge in [0.1, 0.15) is 0 Å². The molecule has 1 rings (SSSR count). The Labute approximate surface area is 96.3 Å². The van der Waals surface area contributed by atoms with Crippen LogP contribution in [-0.2, 0) is 4.79 Å². The molecule has 92 valence electrons. The second-order valence-electron chi connectivity index (χ2n) is 4.75. The fourth-order valence-corrected chi connectivity index (χ4v) is 1.95. The van der Waals surface area contributed by atoms with Crippen LogP contribution in [0.15, 0.2) is 5.16 Å². The quantitative estimate of drug-likeness (QED) is 0.327. The summed E-state index contributed by atoms with van der Waals surface area (Å²) in [6.07, 6.45) is 1.70. The van der Waals surface area contributed by atoms with Crippen molar-refractivity contribution in [1.82, 2.24) is 4.90 Å². The minimum Gasteiger partial charge on any atom is -0.409 e. The minimum atomic E-state index is -0.223. The summed E-state index contributed by atoms with van der Waals surface area (Å²) in [6, 6.07) is -0.223. The molecule has 0 spiro atoms. The molecule has 0 aromatic heterocycles. The second-order valence-corrected chi connectivity index (χ2v) is 4.75. The third-order valence-electron chi connectivity index (χ3n) is 3.38. The van der Waals surface area contributed by atoms with Gasteiger partial charge in [-0.15, -0.1) is 0 Å². The van der Waals surface area contributed by atoms with Gasteiger partial charge in [0.15, 0.2) is 5.84 Å². The van der Waals surface area contributed by atoms with Gasteiger partial charge in [-0.25, -0.2) is 0 Å². The number of carbonyl (C=O) groups excluding carboxylic acids is 1. The fourth-order valence-electron chi connectivity index (χ4n) is 1.95. The van der Waals surface area contributed by atoms with E-state index in [2.05, 4.69) is 5.16 Å². The van der Waals surface area contributed by atoms with Gasteiger partial charge in [0.2, 0.25) is 5.91 Å². The zero-order valence-corrected chi connectivity index (χ0v) is 10.2. The number of carbonyl (C=O) groups is 1. The topological polar surface area (TPSA) is 78.9 Å². The van der Waals surface area contributed by atoms with Crippen LogP contribution in [0.25, 0.3) is 0 Å². The lowest BCUT2D eigenvalue weighted by atomic mass is 9.96. The summed E-state index contributed by atoms with van der Waals surface area (Å²) in [5.74, 6) is 0.527. The van der Waals surface area contributed by atoms with Crippen molar-refractivity contribution in [1.29, 1.82) is 0 Å². The number of hydrogen-bond donors (Lipinski definition) is 2. The van der Waals surface area contributed by atoms with Gasteiger partial charge in [-0.2, -0.15) is 0 Å². The van der Waals surface area contributed by atoms with Crippen molar-refractivity contribution in [3.63, 3.8) is 0 Å². The molecule has 5 heteroatoms. The molecule has 1 aliphatic rings. The van der Waals surface area contributed by atoms with E-state index in [-0.39, 0.29) is 23.7 Å². The Hall–Kier alpha value is -1.26. The van der Waals surface area contributed by atoms with Crippen molar-refractivity contribution in [2.75, 3.05) is 6.54 Å². The number of nitrogens with two attached hydrogens (primary N) is 1. The van der Waals surface area contributed by atoms with Crippen LogP contribution >= 0.6 is 0 Å². The highest BCUT2D eigenvalue weighted by Crippen LogP contribution is 2.22. The summed E-state index contributed by atoms with van der Waals surface area (Å²) in [4.78, 5) is 13.9. The zero-order valence-electron chi connectivity index (χ0n) is 10.2. The average Bonchev–Trinajstić information content (AvgIpc) is 2.74. The van der Waals surface area contributed by atoms with Crippen molar-refractivity contribution in [3.05, 3.63) is 0 Å². The first-order valence-electron chi connectivity index (χ1n) is 5.77. The average molecular weight is 227 g/mol. The summed E-state index contributed by atoms with van der Waals surface area (Å²) in [5, 5.41) is 11.7. The Kier molecular flexibility index (Phi) is 4.15. The van der Waals surface area contributed by atoms with Gasteiger partial charge in [-0.3, -0.25) is 4.79 Å². The predicted molar refractivity (Wildman–Crippen MR) is 62.1 cm³/mol. The van der Waals surface area contributed by atoms with Gasteiger partial charge in [-0.05, 0) is 18.8 Å². The van der Waals surface area contributed by atoms with E-state index in [9.17, 15) is 4.79 Å². The summed E-state index contributed by atoms with van der Waals surface area (Å²) in [5.41, 5.74) is 5.59. The van der Waals surface area contributed by atoms with E-state index in [1.165, 1.54) is 0 Å². The highest BCUT2D eigenvalue weighted by molar-refractivity contribution is 5.91. The van der Waals surface area contributed by atoms with Crippen LogP contribution in [0.2, 0.25) is 0 Å². The maximum absolute atomic E-state index is 12.2. The maximum Gasteiger partial charge on any atom is 0.226 e. The molecule has 1 fully saturated rings. The molecule has 0 aromatic carbocycles. The predicted octanol–water partition coefficient (Wildman–Crippen LogP) is 1.02. The molecule has 0 bridgehead atoms. The van der Waals surface area contributed by atoms with Gasteiger partial charge in [0.05, 0.1) is 6.04 Å². The van der Waals surface area contributed by atoms with Gasteiger partial charge in [0.25, 0.3) is 0 Å². The van der Waals surface area contributed by atoms with Crippen LogP contribution in [0.3, 0.4) is 0 Å². The monoisotopic (exact) mass is 227 g/mol. The number of rotatable bonds is 3. The normalized spacial score (nSPS) is 23.9. The Morgan fingerprint density at radius 1 is 1.50 bits per heavy atom. The highest BCUT2D eigenvalue weighted by atomic mass is 16.4. The molecule has 0 saturated carbocycles. The summed E-state index contributed by atoms with van der Waals surface area (Å²) >= 11 is 0. The molecule has 0 radical (unpaired) electrons. The molecular weight excluding hydrogens is 206 g/mol. The number of likely N-dealkylation sites (tertiary alicyclic amines) is 1. The highest BCUT2D eigenvalue weighted by Gasteiger charge is 2.34. The molecule has 5 nitrogen and oxygen atoms in total. The lowest BCUT2D eigenvalue weighted by Gasteiger charge is -2.28. The third kappa shape index (κ3) is 2.46. The molecular formula is C11H21N3O2. The largest absolute Gasteiger partial charge is 0.409 e. The van der Waals surface area contributed by atoms with Crippen LogP contribution in [0.1, 0.15) is 33.6 Å². The first kappa shape index (κ1) is 12.8. The lowest BCUT2D eigenvalue weighted by Crippen LogP contribution is -2.46. The van der Waals surface area contributed by atoms with Crippen molar-refractivity contribution < 1.29 is 10.0 Å². The van der Waals surface area contributed by atoms with E-state index in [0.717, 1.165) is 12.8 Å². The lowest BCUT2D eigenvalue weighted by molar-refractivity contribution is -0.136. The third-order valence-corrected chi connectivity index (χ3v) is 3.38. The first-order valence-corrected chi connectivity index (χ1v) is 5.77. The van der Waals surface area contributed by atoms with Crippen LogP contribution in [-0.4, -0.2) is 34.4 Å². The molecule has 1 saturated heterocycles. The summed E-state index contributed by atoms with van der Waals surface area (Å²) < 4.78 is 0. The van der Waals surface area contributed by atoms with Crippen LogP contribution < -0.4 is 5.73 Å². The summed E-state index contributed by atoms with van der Waals surface area (Å²) in [6.45, 7) is 6.68. The smallest absolute Gasteiger partial charge is 0.226 e. The van der Waals surface area contributed by atoms with Crippen LogP contribution in [0.5, 0.6) is 0 Å². The first-order chi connectivity index (χ1) is 7.49. The Balaban J connectivity index is 2.75. The Morgan fingerprint density at radius 3 is 2.62 bits per heavy atom. The molecule has 16 heavy (non-hydrogen) atoms. The number of hydrogen-bond acceptors (Lipinski definition) is 3. The standard InChI is InChI=1S/C11H21N3O2/c1-7(2)8(3)11(15)14-6-4-5-9(14)10(12)13-16/h7-9,16H,4-6H2,1-3H3,(H2,12,13). The van der Waals surface area contributed by atoms with E-state index >= 15 is 0 Å². The molecule has 2 unspecified atom stereocenters. The van der Waals surface area contributed by atoms with Gasteiger partial charge in [0, 0.05) is 12.5 Å². The number of nitrogens with zero attached hydrogens (tertiary/aromatic N) is 2. The molecule has 3 N–H and O–H groups in total. The Morgan fingerprint density at radius 2 is 2.12 bits per heavy atom. The SMILES string of the molecule is CC(C)C(C)C(=O)N1CCCC1C(N)=NO. The van der Waals surface area contributed by atoms with Gasteiger partial charge < -0.3 is 15.8 Å². The van der Waals surface area contributed by atoms with E-state index in [1.807, 2.05) is 20.8 Å². The second kappa shape index (κ2) is 5.18. The van der Waals surface area contributed by atoms with E-state index in [0.29, 0.717) is 12.5 Å². The number of amides is 1. The molecule has 0 aliphatic carbocycles. The molecule has 1 aliphatic heterocycles. The molecule has 2 atom stereocenters. The van der Waals surface area contributed by atoms with E-state index in [4.69, 9.17) is 10.9 Å². The summed E-state index contributed by atoms with van der Waals surface area (Å²) in [7, 11) is 0. The van der Waals surface area contributed by atoms with E-state index in [1.54, 1.807) is 4.90 Å². The van der Waals surface area contributed by atoms with Crippen molar-refractivity contribution in [2.45, 2.75) is 39.7 Å². The van der Waals surface area contributed by atoms with Crippen molar-refractivity contribution in [2.24, 2.45) is 22.7 Å².